The van der Waals surface area contributed by atoms with E-state index in [1.807, 2.05) is 36.6 Å². The van der Waals surface area contributed by atoms with Crippen molar-refractivity contribution in [3.05, 3.63) is 35.9 Å². The number of hydroxylamine groups is 2. The van der Waals surface area contributed by atoms with Crippen LogP contribution in [-0.2, 0) is 30.4 Å². The van der Waals surface area contributed by atoms with Gasteiger partial charge in [-0.15, -0.1) is 0 Å². The highest BCUT2D eigenvalue weighted by Gasteiger charge is 2.47. The lowest BCUT2D eigenvalue weighted by atomic mass is 9.88. The number of carboxylic acid groups (broad SMARTS) is 1. The minimum absolute atomic E-state index is 0.0835. The lowest BCUT2D eigenvalue weighted by molar-refractivity contribution is -0.213. The summed E-state index contributed by atoms with van der Waals surface area (Å²) >= 11 is 1.49. The average molecular weight is 492 g/mol. The van der Waals surface area contributed by atoms with Crippen LogP contribution in [-0.4, -0.2) is 76.5 Å². The predicted molar refractivity (Wildman–Crippen MR) is 128 cm³/mol. The smallest absolute Gasteiger partial charge is 0.329 e. The number of carbonyl (C=O) groups is 4. The molecule has 1 aromatic rings. The summed E-state index contributed by atoms with van der Waals surface area (Å²) in [6.45, 7) is 0.435. The van der Waals surface area contributed by atoms with Gasteiger partial charge in [-0.3, -0.25) is 19.2 Å². The summed E-state index contributed by atoms with van der Waals surface area (Å²) < 4.78 is 0. The van der Waals surface area contributed by atoms with Crippen molar-refractivity contribution in [2.24, 2.45) is 0 Å². The van der Waals surface area contributed by atoms with Gasteiger partial charge in [0.05, 0.1) is 6.04 Å². The van der Waals surface area contributed by atoms with Gasteiger partial charge in [-0.2, -0.15) is 11.8 Å². The molecule has 0 aromatic heterocycles. The van der Waals surface area contributed by atoms with Crippen molar-refractivity contribution in [1.82, 2.24) is 15.7 Å². The van der Waals surface area contributed by atoms with Crippen molar-refractivity contribution in [1.29, 1.82) is 0 Å². The van der Waals surface area contributed by atoms with Crippen LogP contribution in [0, 0.1) is 0 Å². The quantitative estimate of drug-likeness (QED) is 0.355. The molecule has 2 aliphatic heterocycles. The first-order chi connectivity index (χ1) is 16.4. The highest BCUT2D eigenvalue weighted by Crippen LogP contribution is 2.26. The molecule has 9 nitrogen and oxygen atoms in total. The number of ketones is 1. The van der Waals surface area contributed by atoms with Gasteiger partial charge in [0.2, 0.25) is 11.8 Å². The Kier molecular flexibility index (Phi) is 9.49. The summed E-state index contributed by atoms with van der Waals surface area (Å²) in [5, 5.41) is 16.7. The van der Waals surface area contributed by atoms with E-state index in [1.165, 1.54) is 11.8 Å². The molecule has 0 radical (unpaired) electrons. The predicted octanol–water partition coefficient (Wildman–Crippen LogP) is 1.56. The molecule has 1 aromatic carbocycles. The molecule has 34 heavy (non-hydrogen) atoms. The third-order valence-corrected chi connectivity index (χ3v) is 7.00. The number of rotatable bonds is 13. The maximum absolute atomic E-state index is 13.3. The number of benzene rings is 1. The molecule has 3 rings (SSSR count). The molecule has 2 saturated heterocycles. The first-order valence-electron chi connectivity index (χ1n) is 11.7. The molecular weight excluding hydrogens is 458 g/mol. The number of hydrogen-bond donors (Lipinski definition) is 3. The largest absolute Gasteiger partial charge is 0.480 e. The molecule has 10 heteroatoms. The van der Waals surface area contributed by atoms with E-state index in [1.54, 1.807) is 0 Å². The fourth-order valence-electron chi connectivity index (χ4n) is 4.45. The standard InChI is InChI=1S/C24H33N3O6S/c1-34-15-12-19(23(31)32)27(21(29)11-8-17-6-3-2-4-7-17)33-16-24(13-5-14-25-24)22(30)18-9-10-20(28)26-18/h2-4,6-7,18-19,25H,5,8-16H2,1H3,(H,26,28)(H,31,32)/t18-,19-,24-/m0/s1. The number of aliphatic carboxylic acids is 1. The van der Waals surface area contributed by atoms with Crippen LogP contribution in [0.2, 0.25) is 0 Å². The van der Waals surface area contributed by atoms with Crippen molar-refractivity contribution in [3.8, 4) is 0 Å². The van der Waals surface area contributed by atoms with Crippen LogP contribution < -0.4 is 10.6 Å². The number of hydrogen-bond acceptors (Lipinski definition) is 7. The van der Waals surface area contributed by atoms with Crippen molar-refractivity contribution >= 4 is 35.3 Å². The van der Waals surface area contributed by atoms with Gasteiger partial charge in [0.15, 0.2) is 11.8 Å². The molecule has 2 fully saturated rings. The molecule has 0 spiro atoms. The second-order valence-corrected chi connectivity index (χ2v) is 9.74. The van der Waals surface area contributed by atoms with Crippen LogP contribution in [0.4, 0.5) is 0 Å². The lowest BCUT2D eigenvalue weighted by Gasteiger charge is -2.34. The zero-order valence-electron chi connectivity index (χ0n) is 19.5. The van der Waals surface area contributed by atoms with E-state index < -0.39 is 29.5 Å². The first kappa shape index (κ1) is 26.2. The molecule has 3 N–H and O–H groups in total. The van der Waals surface area contributed by atoms with E-state index in [0.717, 1.165) is 17.0 Å². The molecule has 2 aliphatic rings. The van der Waals surface area contributed by atoms with Gasteiger partial charge in [-0.05, 0) is 56.2 Å². The van der Waals surface area contributed by atoms with Crippen LogP contribution in [0.3, 0.4) is 0 Å². The number of Topliss-reactive ketones (excluding diaryl/α,β-unsaturated/α-hetero) is 1. The Hall–Kier alpha value is -2.43. The number of nitrogens with one attached hydrogen (secondary N) is 2. The summed E-state index contributed by atoms with van der Waals surface area (Å²) in [6, 6.07) is 7.72. The number of thioether (sulfide) groups is 1. The van der Waals surface area contributed by atoms with Crippen molar-refractivity contribution < 1.29 is 29.1 Å². The molecule has 186 valence electrons. The van der Waals surface area contributed by atoms with Gasteiger partial charge in [0, 0.05) is 12.8 Å². The maximum Gasteiger partial charge on any atom is 0.329 e. The second-order valence-electron chi connectivity index (χ2n) is 8.75. The second kappa shape index (κ2) is 12.3. The fourth-order valence-corrected chi connectivity index (χ4v) is 4.91. The third kappa shape index (κ3) is 6.58. The topological polar surface area (TPSA) is 125 Å². The Balaban J connectivity index is 1.75. The van der Waals surface area contributed by atoms with E-state index in [4.69, 9.17) is 4.84 Å². The molecule has 0 saturated carbocycles. The minimum Gasteiger partial charge on any atom is -0.480 e. The Bertz CT molecular complexity index is 875. The Morgan fingerprint density at radius 1 is 1.29 bits per heavy atom. The Morgan fingerprint density at radius 3 is 2.65 bits per heavy atom. The van der Waals surface area contributed by atoms with Crippen LogP contribution in [0.1, 0.15) is 44.1 Å². The SMILES string of the molecule is CSCC[C@@H](C(=O)O)N(OC[C@]1(C(=O)[C@@H]2CCC(=O)N2)CCCN1)C(=O)CCc1ccccc1. The summed E-state index contributed by atoms with van der Waals surface area (Å²) in [4.78, 5) is 56.1. The van der Waals surface area contributed by atoms with E-state index in [0.29, 0.717) is 38.0 Å². The molecular formula is C24H33N3O6S. The number of carbonyl (C=O) groups excluding carboxylic acids is 3. The number of aryl methyl sites for hydroxylation is 1. The summed E-state index contributed by atoms with van der Waals surface area (Å²) in [5.41, 5.74) is -0.101. The summed E-state index contributed by atoms with van der Waals surface area (Å²) in [7, 11) is 0. The van der Waals surface area contributed by atoms with Crippen LogP contribution in [0.25, 0.3) is 0 Å². The Morgan fingerprint density at radius 2 is 2.06 bits per heavy atom. The lowest BCUT2D eigenvalue weighted by Crippen LogP contribution is -2.59. The summed E-state index contributed by atoms with van der Waals surface area (Å²) in [5.74, 6) is -1.38. The van der Waals surface area contributed by atoms with Gasteiger partial charge in [0.1, 0.15) is 12.1 Å². The van der Waals surface area contributed by atoms with Crippen molar-refractivity contribution in [2.45, 2.75) is 62.6 Å². The van der Waals surface area contributed by atoms with Crippen molar-refractivity contribution in [2.75, 3.05) is 25.2 Å². The number of carboxylic acids is 1. The molecule has 0 bridgehead atoms. The zero-order chi connectivity index (χ0) is 24.6. The van der Waals surface area contributed by atoms with Gasteiger partial charge in [-0.25, -0.2) is 9.86 Å². The van der Waals surface area contributed by atoms with Gasteiger partial charge < -0.3 is 15.7 Å². The van der Waals surface area contributed by atoms with Crippen LogP contribution in [0.5, 0.6) is 0 Å². The van der Waals surface area contributed by atoms with Gasteiger partial charge >= 0.3 is 5.97 Å². The maximum atomic E-state index is 13.3. The number of amides is 2. The highest BCUT2D eigenvalue weighted by atomic mass is 32.2. The van der Waals surface area contributed by atoms with E-state index in [2.05, 4.69) is 10.6 Å². The van der Waals surface area contributed by atoms with E-state index >= 15 is 0 Å². The van der Waals surface area contributed by atoms with Crippen molar-refractivity contribution in [3.63, 3.8) is 0 Å². The molecule has 0 aliphatic carbocycles. The molecule has 0 unspecified atom stereocenters. The monoisotopic (exact) mass is 491 g/mol. The fraction of sp³-hybridized carbons (Fsp3) is 0.583. The van der Waals surface area contributed by atoms with Crippen LogP contribution >= 0.6 is 11.8 Å². The third-order valence-electron chi connectivity index (χ3n) is 6.36. The van der Waals surface area contributed by atoms with Gasteiger partial charge in [0.25, 0.3) is 0 Å². The van der Waals surface area contributed by atoms with E-state index in [9.17, 15) is 24.3 Å². The highest BCUT2D eigenvalue weighted by molar-refractivity contribution is 7.98. The normalized spacial score (nSPS) is 22.9. The zero-order valence-corrected chi connectivity index (χ0v) is 20.3. The minimum atomic E-state index is -1.16. The van der Waals surface area contributed by atoms with Crippen LogP contribution in [0.15, 0.2) is 30.3 Å². The Labute approximate surface area is 203 Å². The van der Waals surface area contributed by atoms with E-state index in [-0.39, 0.29) is 31.1 Å². The summed E-state index contributed by atoms with van der Waals surface area (Å²) in [6.07, 6.45) is 4.58. The van der Waals surface area contributed by atoms with Gasteiger partial charge in [-0.1, -0.05) is 30.3 Å². The first-order valence-corrected chi connectivity index (χ1v) is 13.0. The number of nitrogens with zero attached hydrogens (tertiary/aromatic N) is 1. The molecule has 3 atom stereocenters. The average Bonchev–Trinajstić information content (AvgIpc) is 3.49. The molecule has 2 heterocycles. The molecule has 2 amide bonds.